The third kappa shape index (κ3) is 4.42. The molecule has 1 amide bonds. The summed E-state index contributed by atoms with van der Waals surface area (Å²) in [5.74, 6) is 0.0899. The second-order valence-corrected chi connectivity index (χ2v) is 8.49. The van der Waals surface area contributed by atoms with Crippen LogP contribution < -0.4 is 10.9 Å². The first-order chi connectivity index (χ1) is 14.5. The Balaban J connectivity index is 1.63. The normalized spacial score (nSPS) is 16.1. The molecule has 0 aliphatic carbocycles. The van der Waals surface area contributed by atoms with E-state index in [2.05, 4.69) is 5.32 Å². The predicted molar refractivity (Wildman–Crippen MR) is 120 cm³/mol. The molecule has 3 aromatic rings. The molecule has 2 aromatic carbocycles. The Kier molecular flexibility index (Phi) is 6.20. The van der Waals surface area contributed by atoms with E-state index in [1.165, 1.54) is 11.8 Å². The van der Waals surface area contributed by atoms with Crippen LogP contribution >= 0.6 is 11.8 Å². The number of ether oxygens (including phenoxy) is 1. The quantitative estimate of drug-likeness (QED) is 0.486. The molecular formula is C23H25N3O3S. The van der Waals surface area contributed by atoms with E-state index in [4.69, 9.17) is 9.72 Å². The van der Waals surface area contributed by atoms with Crippen molar-refractivity contribution in [2.24, 2.45) is 0 Å². The molecule has 1 aliphatic rings. The SMILES string of the molecule is Cc1ccc(-n2c(SCC(=O)NC[C@H]3CCCO3)nc3ccccc3c2=O)cc1C. The lowest BCUT2D eigenvalue weighted by Gasteiger charge is -2.15. The van der Waals surface area contributed by atoms with Crippen LogP contribution in [0.15, 0.2) is 52.4 Å². The monoisotopic (exact) mass is 423 g/mol. The van der Waals surface area contributed by atoms with Gasteiger partial charge >= 0.3 is 0 Å². The number of hydrogen-bond acceptors (Lipinski definition) is 5. The van der Waals surface area contributed by atoms with Gasteiger partial charge in [0.1, 0.15) is 0 Å². The molecule has 0 radical (unpaired) electrons. The number of aryl methyl sites for hydroxylation is 2. The van der Waals surface area contributed by atoms with Crippen LogP contribution in [0.25, 0.3) is 16.6 Å². The van der Waals surface area contributed by atoms with E-state index in [1.54, 1.807) is 10.6 Å². The molecule has 0 saturated carbocycles. The number of hydrogen-bond donors (Lipinski definition) is 1. The van der Waals surface area contributed by atoms with Crippen LogP contribution in [0.5, 0.6) is 0 Å². The molecule has 30 heavy (non-hydrogen) atoms. The summed E-state index contributed by atoms with van der Waals surface area (Å²) in [5.41, 5.74) is 3.50. The third-order valence-electron chi connectivity index (χ3n) is 5.38. The maximum Gasteiger partial charge on any atom is 0.266 e. The van der Waals surface area contributed by atoms with Gasteiger partial charge in [0.2, 0.25) is 5.91 Å². The van der Waals surface area contributed by atoms with Gasteiger partial charge in [-0.05, 0) is 62.1 Å². The largest absolute Gasteiger partial charge is 0.376 e. The lowest BCUT2D eigenvalue weighted by atomic mass is 10.1. The Hall–Kier alpha value is -2.64. The first-order valence-electron chi connectivity index (χ1n) is 10.1. The predicted octanol–water partition coefficient (Wildman–Crippen LogP) is 3.39. The number of nitrogens with zero attached hydrogens (tertiary/aromatic N) is 2. The molecule has 1 aromatic heterocycles. The van der Waals surface area contributed by atoms with E-state index >= 15 is 0 Å². The van der Waals surface area contributed by atoms with Crippen LogP contribution in [-0.4, -0.2) is 40.5 Å². The first-order valence-corrected chi connectivity index (χ1v) is 11.1. The average molecular weight is 424 g/mol. The molecule has 7 heteroatoms. The van der Waals surface area contributed by atoms with Gasteiger partial charge in [-0.2, -0.15) is 0 Å². The number of fused-ring (bicyclic) bond motifs is 1. The Labute approximate surface area is 179 Å². The molecule has 4 rings (SSSR count). The van der Waals surface area contributed by atoms with Gasteiger partial charge in [0.05, 0.1) is 28.4 Å². The summed E-state index contributed by atoms with van der Waals surface area (Å²) < 4.78 is 7.15. The molecule has 0 spiro atoms. The first kappa shape index (κ1) is 20.6. The summed E-state index contributed by atoms with van der Waals surface area (Å²) >= 11 is 1.27. The molecule has 156 valence electrons. The maximum atomic E-state index is 13.3. The van der Waals surface area contributed by atoms with Crippen molar-refractivity contribution in [2.45, 2.75) is 37.9 Å². The molecule has 0 unspecified atom stereocenters. The van der Waals surface area contributed by atoms with Crippen molar-refractivity contribution in [3.63, 3.8) is 0 Å². The van der Waals surface area contributed by atoms with Crippen molar-refractivity contribution in [1.82, 2.24) is 14.9 Å². The van der Waals surface area contributed by atoms with Crippen molar-refractivity contribution < 1.29 is 9.53 Å². The number of rotatable bonds is 6. The van der Waals surface area contributed by atoms with Gasteiger partial charge < -0.3 is 10.1 Å². The van der Waals surface area contributed by atoms with Gasteiger partial charge in [0, 0.05) is 13.2 Å². The number of amides is 1. The third-order valence-corrected chi connectivity index (χ3v) is 6.32. The number of aromatic nitrogens is 2. The number of carbonyl (C=O) groups excluding carboxylic acids is 1. The molecular weight excluding hydrogens is 398 g/mol. The minimum absolute atomic E-state index is 0.0930. The van der Waals surface area contributed by atoms with Gasteiger partial charge in [-0.15, -0.1) is 0 Å². The molecule has 0 bridgehead atoms. The van der Waals surface area contributed by atoms with E-state index in [0.717, 1.165) is 36.3 Å². The second-order valence-electron chi connectivity index (χ2n) is 7.55. The molecule has 2 heterocycles. The maximum absolute atomic E-state index is 13.3. The van der Waals surface area contributed by atoms with Crippen molar-refractivity contribution in [1.29, 1.82) is 0 Å². The van der Waals surface area contributed by atoms with Crippen molar-refractivity contribution >= 4 is 28.6 Å². The van der Waals surface area contributed by atoms with Crippen molar-refractivity contribution in [3.05, 3.63) is 63.9 Å². The van der Waals surface area contributed by atoms with E-state index in [0.29, 0.717) is 22.6 Å². The summed E-state index contributed by atoms with van der Waals surface area (Å²) in [4.78, 5) is 30.3. The smallest absolute Gasteiger partial charge is 0.266 e. The van der Waals surface area contributed by atoms with Gasteiger partial charge in [-0.3, -0.25) is 14.2 Å². The molecule has 1 atom stereocenters. The molecule has 1 aliphatic heterocycles. The van der Waals surface area contributed by atoms with E-state index in [-0.39, 0.29) is 23.3 Å². The van der Waals surface area contributed by atoms with E-state index in [9.17, 15) is 9.59 Å². The number of carbonyl (C=O) groups is 1. The highest BCUT2D eigenvalue weighted by atomic mass is 32.2. The van der Waals surface area contributed by atoms with Crippen LogP contribution in [-0.2, 0) is 9.53 Å². The number of thioether (sulfide) groups is 1. The Morgan fingerprint density at radius 1 is 1.23 bits per heavy atom. The summed E-state index contributed by atoms with van der Waals surface area (Å²) in [6.45, 7) is 5.34. The summed E-state index contributed by atoms with van der Waals surface area (Å²) in [7, 11) is 0. The van der Waals surface area contributed by atoms with Crippen LogP contribution in [0.3, 0.4) is 0 Å². The average Bonchev–Trinajstić information content (AvgIpc) is 3.27. The summed E-state index contributed by atoms with van der Waals surface area (Å²) in [5, 5.41) is 3.99. The zero-order valence-electron chi connectivity index (χ0n) is 17.2. The van der Waals surface area contributed by atoms with Crippen molar-refractivity contribution in [3.8, 4) is 5.69 Å². The molecule has 1 fully saturated rings. The van der Waals surface area contributed by atoms with Crippen LogP contribution in [0.4, 0.5) is 0 Å². The second kappa shape index (κ2) is 9.02. The zero-order chi connectivity index (χ0) is 21.1. The minimum Gasteiger partial charge on any atom is -0.376 e. The van der Waals surface area contributed by atoms with Gasteiger partial charge in [-0.1, -0.05) is 30.0 Å². The molecule has 6 nitrogen and oxygen atoms in total. The van der Waals surface area contributed by atoms with Crippen LogP contribution in [0.1, 0.15) is 24.0 Å². The Bertz CT molecular complexity index is 1140. The Morgan fingerprint density at radius 3 is 2.83 bits per heavy atom. The fourth-order valence-corrected chi connectivity index (χ4v) is 4.36. The molecule has 1 saturated heterocycles. The van der Waals surface area contributed by atoms with Gasteiger partial charge in [0.25, 0.3) is 5.56 Å². The van der Waals surface area contributed by atoms with Crippen molar-refractivity contribution in [2.75, 3.05) is 18.9 Å². The van der Waals surface area contributed by atoms with Gasteiger partial charge in [0.15, 0.2) is 5.16 Å². The number of nitrogens with one attached hydrogen (secondary N) is 1. The fraction of sp³-hybridized carbons (Fsp3) is 0.348. The lowest BCUT2D eigenvalue weighted by molar-refractivity contribution is -0.119. The van der Waals surface area contributed by atoms with Crippen LogP contribution in [0.2, 0.25) is 0 Å². The standard InChI is InChI=1S/C23H25N3O3S/c1-15-9-10-17(12-16(15)2)26-22(28)19-7-3-4-8-20(19)25-23(26)30-14-21(27)24-13-18-6-5-11-29-18/h3-4,7-10,12,18H,5-6,11,13-14H2,1-2H3,(H,24,27)/t18-/m1/s1. The lowest BCUT2D eigenvalue weighted by Crippen LogP contribution is -2.33. The Morgan fingerprint density at radius 2 is 2.07 bits per heavy atom. The highest BCUT2D eigenvalue weighted by molar-refractivity contribution is 7.99. The van der Waals surface area contributed by atoms with Crippen LogP contribution in [0, 0.1) is 13.8 Å². The highest BCUT2D eigenvalue weighted by Gasteiger charge is 2.18. The minimum atomic E-state index is -0.133. The van der Waals surface area contributed by atoms with Gasteiger partial charge in [-0.25, -0.2) is 4.98 Å². The molecule has 1 N–H and O–H groups in total. The topological polar surface area (TPSA) is 73.2 Å². The summed E-state index contributed by atoms with van der Waals surface area (Å²) in [6.07, 6.45) is 2.12. The summed E-state index contributed by atoms with van der Waals surface area (Å²) in [6, 6.07) is 13.2. The fourth-order valence-electron chi connectivity index (χ4n) is 3.52. The van der Waals surface area contributed by atoms with E-state index < -0.39 is 0 Å². The van der Waals surface area contributed by atoms with E-state index in [1.807, 2.05) is 50.2 Å². The highest BCUT2D eigenvalue weighted by Crippen LogP contribution is 2.22. The zero-order valence-corrected chi connectivity index (χ0v) is 18.0. The number of benzene rings is 2. The number of para-hydroxylation sites is 1.